The zero-order valence-electron chi connectivity index (χ0n) is 11.6. The molecule has 0 aliphatic carbocycles. The number of carbonyl (C=O) groups excluding carboxylic acids is 1. The van der Waals surface area contributed by atoms with E-state index in [4.69, 9.17) is 0 Å². The van der Waals surface area contributed by atoms with E-state index in [1.54, 1.807) is 19.2 Å². The number of hydrogen-bond donors (Lipinski definition) is 3. The second kappa shape index (κ2) is 6.65. The van der Waals surface area contributed by atoms with Crippen LogP contribution in [0.3, 0.4) is 0 Å². The van der Waals surface area contributed by atoms with Crippen LogP contribution in [0.4, 0.5) is 5.82 Å². The van der Waals surface area contributed by atoms with Gasteiger partial charge in [0.1, 0.15) is 18.0 Å². The summed E-state index contributed by atoms with van der Waals surface area (Å²) in [5, 5.41) is 12.4. The molecular weight excluding hydrogens is 256 g/mol. The lowest BCUT2D eigenvalue weighted by molar-refractivity contribution is 0.0953. The van der Waals surface area contributed by atoms with Gasteiger partial charge in [-0.15, -0.1) is 0 Å². The Labute approximate surface area is 117 Å². The largest absolute Gasteiger partial charge is 0.373 e. The van der Waals surface area contributed by atoms with Crippen molar-refractivity contribution < 1.29 is 4.79 Å². The zero-order chi connectivity index (χ0) is 14.4. The number of anilines is 1. The highest BCUT2D eigenvalue weighted by Gasteiger charge is 2.07. The molecule has 2 aromatic heterocycles. The maximum absolute atomic E-state index is 12.0. The maximum Gasteiger partial charge on any atom is 0.251 e. The molecule has 0 fully saturated rings. The number of aromatic amines is 1. The van der Waals surface area contributed by atoms with Crippen LogP contribution in [0.25, 0.3) is 0 Å². The normalized spacial score (nSPS) is 10.3. The lowest BCUT2D eigenvalue weighted by atomic mass is 10.2. The van der Waals surface area contributed by atoms with Crippen molar-refractivity contribution in [2.45, 2.75) is 19.8 Å². The highest BCUT2D eigenvalue weighted by Crippen LogP contribution is 2.09. The van der Waals surface area contributed by atoms with E-state index in [-0.39, 0.29) is 5.91 Å². The minimum atomic E-state index is -0.0930. The Morgan fingerprint density at radius 1 is 1.40 bits per heavy atom. The Bertz CT molecular complexity index is 566. The highest BCUT2D eigenvalue weighted by molar-refractivity contribution is 5.94. The smallest absolute Gasteiger partial charge is 0.251 e. The number of aromatic nitrogens is 4. The first kappa shape index (κ1) is 14.0. The molecule has 0 aliphatic heterocycles. The Morgan fingerprint density at radius 3 is 2.95 bits per heavy atom. The Morgan fingerprint density at radius 2 is 2.25 bits per heavy atom. The third-order valence-electron chi connectivity index (χ3n) is 2.81. The monoisotopic (exact) mass is 274 g/mol. The molecule has 7 nitrogen and oxygen atoms in total. The molecule has 7 heteroatoms. The summed E-state index contributed by atoms with van der Waals surface area (Å²) < 4.78 is 0. The van der Waals surface area contributed by atoms with Crippen LogP contribution < -0.4 is 10.6 Å². The van der Waals surface area contributed by atoms with Crippen LogP contribution in [0.15, 0.2) is 18.5 Å². The summed E-state index contributed by atoms with van der Waals surface area (Å²) in [5.41, 5.74) is 1.42. The van der Waals surface area contributed by atoms with E-state index in [1.807, 2.05) is 6.92 Å². The molecule has 0 bridgehead atoms. The van der Waals surface area contributed by atoms with Gasteiger partial charge in [0.05, 0.1) is 0 Å². The molecule has 0 saturated heterocycles. The van der Waals surface area contributed by atoms with Gasteiger partial charge < -0.3 is 10.6 Å². The summed E-state index contributed by atoms with van der Waals surface area (Å²) in [6.07, 6.45) is 3.05. The minimum absolute atomic E-state index is 0.0930. The number of nitrogens with zero attached hydrogens (tertiary/aromatic N) is 3. The first-order valence-corrected chi connectivity index (χ1v) is 6.48. The predicted octanol–water partition coefficient (Wildman–Crippen LogP) is 0.912. The van der Waals surface area contributed by atoms with Gasteiger partial charge in [-0.25, -0.2) is 9.97 Å². The van der Waals surface area contributed by atoms with E-state index in [2.05, 4.69) is 30.8 Å². The zero-order valence-corrected chi connectivity index (χ0v) is 11.6. The van der Waals surface area contributed by atoms with Crippen LogP contribution in [0, 0.1) is 6.92 Å². The molecule has 20 heavy (non-hydrogen) atoms. The molecule has 2 rings (SSSR count). The van der Waals surface area contributed by atoms with Crippen LogP contribution in [0.1, 0.15) is 28.3 Å². The molecule has 0 saturated carbocycles. The van der Waals surface area contributed by atoms with Crippen molar-refractivity contribution in [3.63, 3.8) is 0 Å². The van der Waals surface area contributed by atoms with Crippen molar-refractivity contribution in [1.29, 1.82) is 0 Å². The van der Waals surface area contributed by atoms with E-state index < -0.39 is 0 Å². The standard InChI is InChI=1S/C13H18N6O/c1-9-6-10(7-12(14-2)18-9)13(20)15-5-3-4-11-16-8-17-19-11/h6-8H,3-5H2,1-2H3,(H,14,18)(H,15,20)(H,16,17,19). The van der Waals surface area contributed by atoms with Crippen molar-refractivity contribution in [2.24, 2.45) is 0 Å². The average Bonchev–Trinajstić information content (AvgIpc) is 2.95. The molecule has 0 atom stereocenters. The van der Waals surface area contributed by atoms with Crippen molar-refractivity contribution in [1.82, 2.24) is 25.5 Å². The quantitative estimate of drug-likeness (QED) is 0.681. The van der Waals surface area contributed by atoms with Gasteiger partial charge in [-0.05, 0) is 25.5 Å². The number of H-pyrrole nitrogens is 1. The molecular formula is C13H18N6O. The van der Waals surface area contributed by atoms with Crippen LogP contribution in [0.5, 0.6) is 0 Å². The van der Waals surface area contributed by atoms with E-state index in [1.165, 1.54) is 6.33 Å². The number of amides is 1. The lowest BCUT2D eigenvalue weighted by Crippen LogP contribution is -2.25. The maximum atomic E-state index is 12.0. The van der Waals surface area contributed by atoms with Crippen molar-refractivity contribution in [3.05, 3.63) is 35.5 Å². The van der Waals surface area contributed by atoms with E-state index in [0.717, 1.165) is 24.4 Å². The molecule has 1 amide bonds. The first-order chi connectivity index (χ1) is 9.69. The average molecular weight is 274 g/mol. The summed E-state index contributed by atoms with van der Waals surface area (Å²) in [5.74, 6) is 1.43. The second-order valence-corrected chi connectivity index (χ2v) is 4.42. The Balaban J connectivity index is 1.83. The van der Waals surface area contributed by atoms with Gasteiger partial charge >= 0.3 is 0 Å². The van der Waals surface area contributed by atoms with Gasteiger partial charge in [-0.2, -0.15) is 5.10 Å². The Kier molecular flexibility index (Phi) is 4.65. The van der Waals surface area contributed by atoms with E-state index >= 15 is 0 Å². The number of pyridine rings is 1. The van der Waals surface area contributed by atoms with Crippen LogP contribution in [-0.2, 0) is 6.42 Å². The Hall–Kier alpha value is -2.44. The summed E-state index contributed by atoms with van der Waals surface area (Å²) in [6, 6.07) is 3.51. The number of hydrogen-bond acceptors (Lipinski definition) is 5. The molecule has 0 radical (unpaired) electrons. The molecule has 0 unspecified atom stereocenters. The third-order valence-corrected chi connectivity index (χ3v) is 2.81. The molecule has 2 heterocycles. The van der Waals surface area contributed by atoms with Gasteiger partial charge in [0.15, 0.2) is 0 Å². The van der Waals surface area contributed by atoms with Crippen LogP contribution in [0.2, 0.25) is 0 Å². The summed E-state index contributed by atoms with van der Waals surface area (Å²) in [7, 11) is 1.78. The third kappa shape index (κ3) is 3.78. The molecule has 106 valence electrons. The van der Waals surface area contributed by atoms with Crippen LogP contribution in [-0.4, -0.2) is 39.7 Å². The van der Waals surface area contributed by atoms with Crippen LogP contribution >= 0.6 is 0 Å². The van der Waals surface area contributed by atoms with Gasteiger partial charge in [-0.1, -0.05) is 0 Å². The fourth-order valence-electron chi connectivity index (χ4n) is 1.84. The van der Waals surface area contributed by atoms with Crippen molar-refractivity contribution in [3.8, 4) is 0 Å². The molecule has 0 aliphatic rings. The fourth-order valence-corrected chi connectivity index (χ4v) is 1.84. The lowest BCUT2D eigenvalue weighted by Gasteiger charge is -2.07. The SMILES string of the molecule is CNc1cc(C(=O)NCCCc2ncn[nH]2)cc(C)n1. The number of carbonyl (C=O) groups is 1. The van der Waals surface area contributed by atoms with E-state index in [9.17, 15) is 4.79 Å². The van der Waals surface area contributed by atoms with Gasteiger partial charge in [0.25, 0.3) is 5.91 Å². The number of aryl methyl sites for hydroxylation is 2. The van der Waals surface area contributed by atoms with Gasteiger partial charge in [0.2, 0.25) is 0 Å². The highest BCUT2D eigenvalue weighted by atomic mass is 16.1. The molecule has 2 aromatic rings. The second-order valence-electron chi connectivity index (χ2n) is 4.42. The van der Waals surface area contributed by atoms with Gasteiger partial charge in [0, 0.05) is 31.3 Å². The molecule has 3 N–H and O–H groups in total. The van der Waals surface area contributed by atoms with Gasteiger partial charge in [-0.3, -0.25) is 9.89 Å². The number of nitrogens with one attached hydrogen (secondary N) is 3. The first-order valence-electron chi connectivity index (χ1n) is 6.48. The summed E-state index contributed by atoms with van der Waals surface area (Å²) in [6.45, 7) is 2.46. The fraction of sp³-hybridized carbons (Fsp3) is 0.385. The number of rotatable bonds is 6. The van der Waals surface area contributed by atoms with Crippen molar-refractivity contribution in [2.75, 3.05) is 18.9 Å². The minimum Gasteiger partial charge on any atom is -0.373 e. The van der Waals surface area contributed by atoms with E-state index in [0.29, 0.717) is 17.9 Å². The topological polar surface area (TPSA) is 95.6 Å². The molecule has 0 aromatic carbocycles. The summed E-state index contributed by atoms with van der Waals surface area (Å²) >= 11 is 0. The predicted molar refractivity (Wildman–Crippen MR) is 75.6 cm³/mol. The molecule has 0 spiro atoms. The van der Waals surface area contributed by atoms with Crippen molar-refractivity contribution >= 4 is 11.7 Å². The summed E-state index contributed by atoms with van der Waals surface area (Å²) in [4.78, 5) is 20.3.